The SMILES string of the molecule is O=C1C(F)=CC=C2N=NN=C12. The molecule has 0 unspecified atom stereocenters. The molecule has 0 amide bonds. The number of hydrogen-bond donors (Lipinski definition) is 0. The van der Waals surface area contributed by atoms with Gasteiger partial charge in [0.2, 0.25) is 5.78 Å². The van der Waals surface area contributed by atoms with E-state index in [1.807, 2.05) is 0 Å². The molecule has 0 spiro atoms. The standard InChI is InChI=1S/C6H2FN3O/c7-3-1-2-4-5(6(3)11)9-10-8-4/h1-2H. The fraction of sp³-hybridized carbons (Fsp3) is 0. The number of carbonyl (C=O) groups excluding carboxylic acids is 1. The predicted octanol–water partition coefficient (Wildman–Crippen LogP) is 1.13. The van der Waals surface area contributed by atoms with Crippen LogP contribution in [0.3, 0.4) is 0 Å². The van der Waals surface area contributed by atoms with E-state index in [-0.39, 0.29) is 5.71 Å². The lowest BCUT2D eigenvalue weighted by Gasteiger charge is -2.00. The van der Waals surface area contributed by atoms with Gasteiger partial charge in [0.1, 0.15) is 5.70 Å². The highest BCUT2D eigenvalue weighted by molar-refractivity contribution is 6.51. The number of rotatable bonds is 0. The summed E-state index contributed by atoms with van der Waals surface area (Å²) in [6, 6.07) is 0. The third-order valence-corrected chi connectivity index (χ3v) is 1.36. The second-order valence-corrected chi connectivity index (χ2v) is 2.03. The summed E-state index contributed by atoms with van der Waals surface area (Å²) in [6.45, 7) is 0. The van der Waals surface area contributed by atoms with E-state index in [9.17, 15) is 9.18 Å². The maximum atomic E-state index is 12.5. The first-order valence-electron chi connectivity index (χ1n) is 2.90. The van der Waals surface area contributed by atoms with Gasteiger partial charge in [-0.1, -0.05) is 0 Å². The van der Waals surface area contributed by atoms with Crippen LogP contribution in [0.5, 0.6) is 0 Å². The van der Waals surface area contributed by atoms with Crippen molar-refractivity contribution in [1.82, 2.24) is 0 Å². The van der Waals surface area contributed by atoms with Crippen LogP contribution >= 0.6 is 0 Å². The minimum Gasteiger partial charge on any atom is -0.284 e. The number of Topliss-reactive ketones (excluding diaryl/α,β-unsaturated/α-hetero) is 1. The predicted molar refractivity (Wildman–Crippen MR) is 34.6 cm³/mol. The van der Waals surface area contributed by atoms with Crippen LogP contribution in [0.4, 0.5) is 4.39 Å². The lowest BCUT2D eigenvalue weighted by Crippen LogP contribution is -2.16. The summed E-state index contributed by atoms with van der Waals surface area (Å²) < 4.78 is 12.5. The molecule has 0 saturated heterocycles. The normalized spacial score (nSPS) is 20.8. The van der Waals surface area contributed by atoms with Gasteiger partial charge >= 0.3 is 0 Å². The highest BCUT2D eigenvalue weighted by atomic mass is 19.1. The molecule has 5 heteroatoms. The third kappa shape index (κ3) is 0.739. The Labute approximate surface area is 60.8 Å². The minimum atomic E-state index is -0.820. The number of ketones is 1. The molecule has 4 nitrogen and oxygen atoms in total. The molecule has 0 aromatic rings. The first kappa shape index (κ1) is 6.09. The molecule has 0 bridgehead atoms. The van der Waals surface area contributed by atoms with Crippen molar-refractivity contribution >= 4 is 11.5 Å². The second-order valence-electron chi connectivity index (χ2n) is 2.03. The highest BCUT2D eigenvalue weighted by Crippen LogP contribution is 2.19. The number of hydrogen-bond acceptors (Lipinski definition) is 4. The van der Waals surface area contributed by atoms with Crippen molar-refractivity contribution in [1.29, 1.82) is 0 Å². The quantitative estimate of drug-likeness (QED) is 0.478. The molecule has 0 N–H and O–H groups in total. The van der Waals surface area contributed by atoms with Crippen molar-refractivity contribution in [3.05, 3.63) is 23.7 Å². The van der Waals surface area contributed by atoms with E-state index in [4.69, 9.17) is 0 Å². The zero-order chi connectivity index (χ0) is 7.84. The van der Waals surface area contributed by atoms with Crippen molar-refractivity contribution in [2.24, 2.45) is 15.4 Å². The van der Waals surface area contributed by atoms with E-state index in [2.05, 4.69) is 15.4 Å². The van der Waals surface area contributed by atoms with E-state index in [0.29, 0.717) is 5.70 Å². The van der Waals surface area contributed by atoms with Crippen molar-refractivity contribution < 1.29 is 9.18 Å². The molecule has 0 aromatic heterocycles. The monoisotopic (exact) mass is 151 g/mol. The first-order chi connectivity index (χ1) is 5.29. The van der Waals surface area contributed by atoms with Gasteiger partial charge in [0, 0.05) is 0 Å². The van der Waals surface area contributed by atoms with E-state index in [1.165, 1.54) is 6.08 Å². The smallest absolute Gasteiger partial charge is 0.243 e. The number of fused-ring (bicyclic) bond motifs is 1. The van der Waals surface area contributed by atoms with Crippen LogP contribution in [-0.2, 0) is 4.79 Å². The Balaban J connectivity index is 2.54. The van der Waals surface area contributed by atoms with Gasteiger partial charge in [-0.15, -0.1) is 10.2 Å². The summed E-state index contributed by atoms with van der Waals surface area (Å²) >= 11 is 0. The average Bonchev–Trinajstić information content (AvgIpc) is 2.45. The lowest BCUT2D eigenvalue weighted by atomic mass is 10.1. The summed E-state index contributed by atoms with van der Waals surface area (Å²) in [4.78, 5) is 10.9. The second kappa shape index (κ2) is 1.91. The molecule has 0 aromatic carbocycles. The lowest BCUT2D eigenvalue weighted by molar-refractivity contribution is -0.111. The van der Waals surface area contributed by atoms with Crippen LogP contribution in [0.2, 0.25) is 0 Å². The summed E-state index contributed by atoms with van der Waals surface area (Å²) in [6.07, 6.45) is 2.42. The molecule has 2 aliphatic rings. The molecule has 0 fully saturated rings. The van der Waals surface area contributed by atoms with E-state index in [0.717, 1.165) is 6.08 Å². The zero-order valence-electron chi connectivity index (χ0n) is 5.28. The summed E-state index contributed by atoms with van der Waals surface area (Å²) in [7, 11) is 0. The molecule has 1 heterocycles. The summed E-state index contributed by atoms with van der Waals surface area (Å²) in [5.74, 6) is -1.56. The molecular weight excluding hydrogens is 149 g/mol. The van der Waals surface area contributed by atoms with Gasteiger partial charge < -0.3 is 0 Å². The summed E-state index contributed by atoms with van der Waals surface area (Å²) in [5, 5.41) is 10.1. The van der Waals surface area contributed by atoms with E-state index < -0.39 is 11.6 Å². The molecule has 2 rings (SSSR count). The third-order valence-electron chi connectivity index (χ3n) is 1.36. The van der Waals surface area contributed by atoms with Crippen LogP contribution < -0.4 is 0 Å². The molecule has 1 aliphatic heterocycles. The molecule has 0 atom stereocenters. The van der Waals surface area contributed by atoms with Crippen molar-refractivity contribution in [3.8, 4) is 0 Å². The fourth-order valence-corrected chi connectivity index (χ4v) is 0.829. The van der Waals surface area contributed by atoms with Crippen LogP contribution in [0, 0.1) is 0 Å². The van der Waals surface area contributed by atoms with Crippen LogP contribution in [0.1, 0.15) is 0 Å². The Kier molecular flexibility index (Phi) is 1.06. The number of carbonyl (C=O) groups is 1. The van der Waals surface area contributed by atoms with Crippen molar-refractivity contribution in [2.45, 2.75) is 0 Å². The number of allylic oxidation sites excluding steroid dienone is 4. The molecule has 0 radical (unpaired) electrons. The van der Waals surface area contributed by atoms with Crippen molar-refractivity contribution in [3.63, 3.8) is 0 Å². The first-order valence-corrected chi connectivity index (χ1v) is 2.90. The van der Waals surface area contributed by atoms with Gasteiger partial charge in [0.15, 0.2) is 11.5 Å². The van der Waals surface area contributed by atoms with E-state index >= 15 is 0 Å². The molecule has 54 valence electrons. The molecule has 1 aliphatic carbocycles. The van der Waals surface area contributed by atoms with E-state index in [1.54, 1.807) is 0 Å². The maximum Gasteiger partial charge on any atom is 0.243 e. The molecule has 0 saturated carbocycles. The Morgan fingerprint density at radius 1 is 1.36 bits per heavy atom. The number of halogens is 1. The molecular formula is C6H2FN3O. The van der Waals surface area contributed by atoms with Crippen molar-refractivity contribution in [2.75, 3.05) is 0 Å². The molecule has 11 heavy (non-hydrogen) atoms. The largest absolute Gasteiger partial charge is 0.284 e. The average molecular weight is 151 g/mol. The van der Waals surface area contributed by atoms with Gasteiger partial charge in [-0.2, -0.15) is 0 Å². The minimum absolute atomic E-state index is 0.00926. The van der Waals surface area contributed by atoms with Crippen LogP contribution in [0.25, 0.3) is 0 Å². The van der Waals surface area contributed by atoms with Gasteiger partial charge in [0.25, 0.3) is 0 Å². The fourth-order valence-electron chi connectivity index (χ4n) is 0.829. The van der Waals surface area contributed by atoms with Gasteiger partial charge in [-0.25, -0.2) is 4.39 Å². The zero-order valence-corrected chi connectivity index (χ0v) is 5.28. The maximum absolute atomic E-state index is 12.5. The Bertz CT molecular complexity index is 351. The van der Waals surface area contributed by atoms with Crippen LogP contribution in [-0.4, -0.2) is 11.5 Å². The van der Waals surface area contributed by atoms with Crippen LogP contribution in [0.15, 0.2) is 39.1 Å². The Morgan fingerprint density at radius 2 is 2.18 bits per heavy atom. The number of nitrogens with zero attached hydrogens (tertiary/aromatic N) is 3. The highest BCUT2D eigenvalue weighted by Gasteiger charge is 2.26. The topological polar surface area (TPSA) is 54.1 Å². The van der Waals surface area contributed by atoms with Gasteiger partial charge in [0.05, 0.1) is 0 Å². The Morgan fingerprint density at radius 3 is 3.00 bits per heavy atom. The van der Waals surface area contributed by atoms with Gasteiger partial charge in [-0.05, 0) is 17.4 Å². The van der Waals surface area contributed by atoms with Gasteiger partial charge in [-0.3, -0.25) is 4.79 Å². The summed E-state index contributed by atoms with van der Waals surface area (Å²) in [5.41, 5.74) is 0.321. The Hall–Kier alpha value is -1.65.